The van der Waals surface area contributed by atoms with E-state index < -0.39 is 5.97 Å². The Bertz CT molecular complexity index is 125. The number of aliphatic carboxylic acids is 1. The van der Waals surface area contributed by atoms with Crippen molar-refractivity contribution in [2.75, 3.05) is 32.9 Å². The first-order chi connectivity index (χ1) is 4.48. The molecule has 0 saturated heterocycles. The predicted octanol–water partition coefficient (Wildman–Crippen LogP) is 0.0772. The molecule has 0 aliphatic rings. The lowest BCUT2D eigenvalue weighted by Gasteiger charge is -2.26. The van der Waals surface area contributed by atoms with Crippen molar-refractivity contribution in [3.05, 3.63) is 0 Å². The van der Waals surface area contributed by atoms with E-state index in [1.54, 1.807) is 0 Å². The number of rotatable bonds is 4. The maximum atomic E-state index is 10.2. The second-order valence-electron chi connectivity index (χ2n) is 2.93. The van der Waals surface area contributed by atoms with Crippen LogP contribution in [-0.2, 0) is 4.79 Å². The van der Waals surface area contributed by atoms with Crippen LogP contribution in [0.15, 0.2) is 0 Å². The molecule has 0 heterocycles. The summed E-state index contributed by atoms with van der Waals surface area (Å²) in [6.45, 7) is 0.954. The molecule has 0 aromatic heterocycles. The topological polar surface area (TPSA) is 37.3 Å². The Balaban J connectivity index is 3.74. The van der Waals surface area contributed by atoms with Gasteiger partial charge in [-0.2, -0.15) is 12.6 Å². The summed E-state index contributed by atoms with van der Waals surface area (Å²) in [5, 5.41) is 8.44. The number of carbonyl (C=O) groups is 1. The lowest BCUT2D eigenvalue weighted by molar-refractivity contribution is -0.880. The minimum Gasteiger partial charge on any atom is -0.477 e. The molecule has 0 saturated carbocycles. The smallest absolute Gasteiger partial charge is 0.359 e. The third kappa shape index (κ3) is 4.64. The molecule has 0 bridgehead atoms. The largest absolute Gasteiger partial charge is 0.477 e. The van der Waals surface area contributed by atoms with Gasteiger partial charge in [-0.05, 0) is 0 Å². The van der Waals surface area contributed by atoms with Crippen molar-refractivity contribution in [1.82, 2.24) is 0 Å². The van der Waals surface area contributed by atoms with Gasteiger partial charge in [0.25, 0.3) is 0 Å². The number of carboxylic acids is 1. The molecule has 0 fully saturated rings. The molecule has 0 aliphatic carbocycles. The SMILES string of the molecule is C[N+](C)(CCS)CC(=O)O. The number of thiol groups is 1. The summed E-state index contributed by atoms with van der Waals surface area (Å²) in [7, 11) is 3.76. The van der Waals surface area contributed by atoms with Crippen LogP contribution in [0.4, 0.5) is 0 Å². The molecule has 0 radical (unpaired) electrons. The van der Waals surface area contributed by atoms with Crippen LogP contribution in [0.3, 0.4) is 0 Å². The van der Waals surface area contributed by atoms with Gasteiger partial charge in [0.05, 0.1) is 20.6 Å². The fourth-order valence-corrected chi connectivity index (χ4v) is 1.26. The first kappa shape index (κ1) is 9.78. The Labute approximate surface area is 66.6 Å². The standard InChI is InChI=1S/C6H13NO2S/c1-7(2,3-4-10)5-6(8)9/h3-5H2,1-2H3,(H-,8,9,10)/p+1. The van der Waals surface area contributed by atoms with Gasteiger partial charge in [-0.25, -0.2) is 4.79 Å². The van der Waals surface area contributed by atoms with Crippen molar-refractivity contribution in [3.63, 3.8) is 0 Å². The molecule has 10 heavy (non-hydrogen) atoms. The van der Waals surface area contributed by atoms with E-state index >= 15 is 0 Å². The first-order valence-electron chi connectivity index (χ1n) is 3.12. The predicted molar refractivity (Wildman–Crippen MR) is 43.3 cm³/mol. The molecule has 0 unspecified atom stereocenters. The first-order valence-corrected chi connectivity index (χ1v) is 3.76. The Morgan fingerprint density at radius 2 is 2.10 bits per heavy atom. The number of carboxylic acid groups (broad SMARTS) is 1. The Hall–Kier alpha value is -0.220. The zero-order valence-corrected chi connectivity index (χ0v) is 7.27. The van der Waals surface area contributed by atoms with Crippen LogP contribution in [0.1, 0.15) is 0 Å². The minimum atomic E-state index is -0.758. The van der Waals surface area contributed by atoms with Crippen LogP contribution in [0.2, 0.25) is 0 Å². The summed E-state index contributed by atoms with van der Waals surface area (Å²) in [5.74, 6) is -0.0351. The molecular weight excluding hydrogens is 150 g/mol. The average molecular weight is 164 g/mol. The van der Waals surface area contributed by atoms with Crippen molar-refractivity contribution in [3.8, 4) is 0 Å². The summed E-state index contributed by atoms with van der Waals surface area (Å²) >= 11 is 4.03. The molecule has 0 amide bonds. The summed E-state index contributed by atoms with van der Waals surface area (Å²) in [6.07, 6.45) is 0. The lowest BCUT2D eigenvalue weighted by Crippen LogP contribution is -2.45. The van der Waals surface area contributed by atoms with Gasteiger partial charge in [-0.3, -0.25) is 0 Å². The van der Waals surface area contributed by atoms with Crippen molar-refractivity contribution in [1.29, 1.82) is 0 Å². The van der Waals surface area contributed by atoms with Crippen LogP contribution in [0.5, 0.6) is 0 Å². The maximum Gasteiger partial charge on any atom is 0.359 e. The highest BCUT2D eigenvalue weighted by atomic mass is 32.1. The zero-order chi connectivity index (χ0) is 8.20. The highest BCUT2D eigenvalue weighted by Crippen LogP contribution is 1.96. The number of likely N-dealkylation sites (N-methyl/N-ethyl adjacent to an activating group) is 1. The average Bonchev–Trinajstić information content (AvgIpc) is 1.59. The van der Waals surface area contributed by atoms with Crippen molar-refractivity contribution in [2.45, 2.75) is 0 Å². The van der Waals surface area contributed by atoms with E-state index in [2.05, 4.69) is 12.6 Å². The van der Waals surface area contributed by atoms with Gasteiger partial charge < -0.3 is 9.59 Å². The van der Waals surface area contributed by atoms with Crippen molar-refractivity contribution in [2.24, 2.45) is 0 Å². The van der Waals surface area contributed by atoms with E-state index in [1.807, 2.05) is 14.1 Å². The van der Waals surface area contributed by atoms with Crippen LogP contribution in [0.25, 0.3) is 0 Å². The number of nitrogens with zero attached hydrogens (tertiary/aromatic N) is 1. The Kier molecular flexibility index (Phi) is 3.75. The molecule has 0 aromatic carbocycles. The van der Waals surface area contributed by atoms with Gasteiger partial charge in [-0.1, -0.05) is 0 Å². The van der Waals surface area contributed by atoms with Crippen molar-refractivity contribution < 1.29 is 14.4 Å². The highest BCUT2D eigenvalue weighted by molar-refractivity contribution is 7.80. The molecule has 60 valence electrons. The van der Waals surface area contributed by atoms with Crippen LogP contribution in [-0.4, -0.2) is 48.5 Å². The maximum absolute atomic E-state index is 10.2. The third-order valence-corrected chi connectivity index (χ3v) is 1.47. The summed E-state index contributed by atoms with van der Waals surface area (Å²) in [4.78, 5) is 10.2. The molecule has 0 aromatic rings. The molecule has 0 rings (SSSR count). The van der Waals surface area contributed by atoms with E-state index in [0.717, 1.165) is 12.3 Å². The van der Waals surface area contributed by atoms with Crippen LogP contribution < -0.4 is 0 Å². The number of hydrogen-bond acceptors (Lipinski definition) is 2. The van der Waals surface area contributed by atoms with Gasteiger partial charge in [0.1, 0.15) is 0 Å². The second-order valence-corrected chi connectivity index (χ2v) is 3.38. The van der Waals surface area contributed by atoms with Gasteiger partial charge in [0, 0.05) is 5.75 Å². The van der Waals surface area contributed by atoms with E-state index in [1.165, 1.54) is 0 Å². The highest BCUT2D eigenvalue weighted by Gasteiger charge is 2.17. The number of hydrogen-bond donors (Lipinski definition) is 2. The summed E-state index contributed by atoms with van der Waals surface area (Å²) < 4.78 is 0.499. The van der Waals surface area contributed by atoms with E-state index in [0.29, 0.717) is 4.48 Å². The molecule has 0 spiro atoms. The normalized spacial score (nSPS) is 11.5. The van der Waals surface area contributed by atoms with Gasteiger partial charge >= 0.3 is 5.97 Å². The fraction of sp³-hybridized carbons (Fsp3) is 0.833. The quantitative estimate of drug-likeness (QED) is 0.456. The van der Waals surface area contributed by atoms with E-state index in [4.69, 9.17) is 5.11 Å². The van der Waals surface area contributed by atoms with Crippen LogP contribution in [0, 0.1) is 0 Å². The Morgan fingerprint density at radius 3 is 2.40 bits per heavy atom. The Morgan fingerprint density at radius 1 is 1.60 bits per heavy atom. The molecule has 0 atom stereocenters. The van der Waals surface area contributed by atoms with Gasteiger partial charge in [0.15, 0.2) is 6.54 Å². The second kappa shape index (κ2) is 3.83. The lowest BCUT2D eigenvalue weighted by atomic mass is 10.4. The molecular formula is C6H14NO2S+. The van der Waals surface area contributed by atoms with Crippen molar-refractivity contribution >= 4 is 18.6 Å². The molecule has 0 aliphatic heterocycles. The van der Waals surface area contributed by atoms with Gasteiger partial charge in [0.2, 0.25) is 0 Å². The number of quaternary nitrogens is 1. The van der Waals surface area contributed by atoms with E-state index in [-0.39, 0.29) is 6.54 Å². The zero-order valence-electron chi connectivity index (χ0n) is 6.37. The summed E-state index contributed by atoms with van der Waals surface area (Å²) in [5.41, 5.74) is 0. The molecule has 3 nitrogen and oxygen atoms in total. The fourth-order valence-electron chi connectivity index (χ4n) is 0.716. The minimum absolute atomic E-state index is 0.167. The third-order valence-electron chi connectivity index (χ3n) is 1.27. The molecule has 1 N–H and O–H groups in total. The van der Waals surface area contributed by atoms with Crippen LogP contribution >= 0.6 is 12.6 Å². The summed E-state index contributed by atoms with van der Waals surface area (Å²) in [6, 6.07) is 0. The monoisotopic (exact) mass is 164 g/mol. The van der Waals surface area contributed by atoms with Gasteiger partial charge in [-0.15, -0.1) is 0 Å². The van der Waals surface area contributed by atoms with E-state index in [9.17, 15) is 4.79 Å². The molecule has 4 heteroatoms.